The molecule has 0 atom stereocenters. The Morgan fingerprint density at radius 3 is 3.20 bits per heavy atom. The lowest BCUT2D eigenvalue weighted by Crippen LogP contribution is -1.38. The van der Waals surface area contributed by atoms with E-state index in [0.29, 0.717) is 0 Å². The van der Waals surface area contributed by atoms with E-state index in [0.717, 1.165) is 6.26 Å². The summed E-state index contributed by atoms with van der Waals surface area (Å²) in [6, 6.07) is 0. The van der Waals surface area contributed by atoms with Crippen molar-refractivity contribution in [2.45, 2.75) is 0 Å². The molecule has 0 amide bonds. The number of hydrogen-bond donors (Lipinski definition) is 0. The van der Waals surface area contributed by atoms with Gasteiger partial charge in [0.2, 0.25) is 0 Å². The Balaban J connectivity index is 3.04. The number of hydrogen-bond acceptors (Lipinski definition) is 2. The molecule has 0 N–H and O–H groups in total. The van der Waals surface area contributed by atoms with Crippen molar-refractivity contribution in [1.29, 1.82) is 0 Å². The van der Waals surface area contributed by atoms with Gasteiger partial charge in [-0.25, -0.2) is 4.98 Å². The van der Waals surface area contributed by atoms with Gasteiger partial charge in [-0.15, -0.1) is 0 Å². The second kappa shape index (κ2) is 0.885. The van der Waals surface area contributed by atoms with Crippen molar-refractivity contribution in [3.63, 3.8) is 0 Å². The molecule has 0 aliphatic carbocycles. The molecule has 0 saturated heterocycles. The summed E-state index contributed by atoms with van der Waals surface area (Å²) in [5.74, 6) is 0. The zero-order valence-corrected chi connectivity index (χ0v) is 2.43. The van der Waals surface area contributed by atoms with Gasteiger partial charge in [-0.3, -0.25) is 0 Å². The molecule has 5 heavy (non-hydrogen) atoms. The Kier molecular flexibility index (Phi) is 0.199. The maximum Gasteiger partial charge on any atom is 0.180 e. The predicted octanol–water partition coefficient (Wildman–Crippen LogP) is 0.675. The van der Waals surface area contributed by atoms with Crippen LogP contribution in [0.15, 0.2) is 23.2 Å². The number of nitrogens with zero attached hydrogens (tertiary/aromatic N) is 1. The highest BCUT2D eigenvalue weighted by atomic mass is 16.3. The lowest BCUT2D eigenvalue weighted by Gasteiger charge is -1.47. The predicted molar refractivity (Wildman–Crippen MR) is 16.5 cm³/mol. The van der Waals surface area contributed by atoms with Crippen LogP contribution in [-0.4, -0.2) is 4.98 Å². The summed E-state index contributed by atoms with van der Waals surface area (Å²) >= 11 is 0. The van der Waals surface area contributed by atoms with Gasteiger partial charge in [-0.2, -0.15) is 0 Å². The molecule has 2 heteroatoms. The highest BCUT2D eigenvalue weighted by Gasteiger charge is 1.59. The summed E-state index contributed by atoms with van der Waals surface area (Å²) in [5.41, 5.74) is 0. The third kappa shape index (κ3) is 0.265. The van der Waals surface area contributed by atoms with Crippen molar-refractivity contribution in [3.8, 4) is 0 Å². The van der Waals surface area contributed by atoms with Crippen LogP contribution >= 0.6 is 0 Å². The highest BCUT2D eigenvalue weighted by molar-refractivity contribution is 4.56. The number of aromatic nitrogens is 1. The van der Waals surface area contributed by atoms with Gasteiger partial charge in [0.05, 0.1) is 7.54 Å². The fraction of sp³-hybridized carbons (Fsp3) is 0. The Morgan fingerprint density at radius 1 is 2.00 bits per heavy atom. The van der Waals surface area contributed by atoms with Crippen LogP contribution in [0.5, 0.6) is 0 Å². The third-order valence-electron chi connectivity index (χ3n) is 0.275. The number of rotatable bonds is 0. The molecule has 0 aliphatic heterocycles. The van der Waals surface area contributed by atoms with Crippen molar-refractivity contribution < 1.29 is 7.16 Å². The molecule has 0 saturated carbocycles. The van der Waals surface area contributed by atoms with Gasteiger partial charge < -0.3 is 4.42 Å². The Labute approximate surface area is 32.3 Å². The topological polar surface area (TPSA) is 26.0 Å². The molecule has 1 rings (SSSR count). The molecule has 1 heterocycles. The lowest BCUT2D eigenvalue weighted by atomic mass is 11.0. The van der Waals surface area contributed by atoms with Gasteiger partial charge in [0.15, 0.2) is 6.37 Å². The largest absolute Gasteiger partial charge is 0.452 e. The van der Waals surface area contributed by atoms with Crippen LogP contribution in [-0.2, 0) is 0 Å². The monoisotopic (exact) mass is 71.0 g/mol. The van der Waals surface area contributed by atoms with E-state index < -0.39 is 0 Å². The summed E-state index contributed by atoms with van der Waals surface area (Å²) in [7, 11) is 0. The van der Waals surface area contributed by atoms with Crippen molar-refractivity contribution in [3.05, 3.63) is 18.8 Å². The molecule has 0 spiro atoms. The minimum Gasteiger partial charge on any atom is -0.452 e. The van der Waals surface area contributed by atoms with Crippen molar-refractivity contribution >= 4 is 0 Å². The van der Waals surface area contributed by atoms with Gasteiger partial charge in [0.25, 0.3) is 0 Å². The summed E-state index contributed by atoms with van der Waals surface area (Å²) in [6.07, 6.45) is 0.914. The molecule has 0 aromatic carbocycles. The first-order valence-corrected chi connectivity index (χ1v) is 1.18. The third-order valence-corrected chi connectivity index (χ3v) is 0.275. The molecule has 2 nitrogen and oxygen atoms in total. The lowest BCUT2D eigenvalue weighted by molar-refractivity contribution is 0.558. The first-order valence-electron chi connectivity index (χ1n) is 2.18. The van der Waals surface area contributed by atoms with Crippen molar-refractivity contribution in [1.82, 2.24) is 4.98 Å². The average Bonchev–Trinajstić information content (AvgIpc) is 1.87. The molecular formula is C3H3NO. The molecule has 1 aromatic heterocycles. The van der Waals surface area contributed by atoms with E-state index in [2.05, 4.69) is 9.40 Å². The van der Waals surface area contributed by atoms with E-state index in [1.807, 2.05) is 0 Å². The quantitative estimate of drug-likeness (QED) is 0.449. The average molecular weight is 71.1 g/mol. The van der Waals surface area contributed by atoms with Crippen LogP contribution in [0.4, 0.5) is 0 Å². The Morgan fingerprint density at radius 2 is 3.00 bits per heavy atom. The van der Waals surface area contributed by atoms with Crippen LogP contribution in [0.3, 0.4) is 0 Å². The smallest absolute Gasteiger partial charge is 0.180 e. The number of oxazole rings is 1. The molecule has 0 fully saturated rings. The van der Waals surface area contributed by atoms with E-state index in [4.69, 9.17) is 2.74 Å². The summed E-state index contributed by atoms with van der Waals surface area (Å²) in [4.78, 5) is 3.28. The minimum atomic E-state index is -0.204. The molecule has 26 valence electrons. The van der Waals surface area contributed by atoms with Gasteiger partial charge >= 0.3 is 0 Å². The van der Waals surface area contributed by atoms with Crippen molar-refractivity contribution in [2.24, 2.45) is 0 Å². The standard InChI is InChI=1S/C3H3NO/c1-2-5-3-4-1/h1-3H/i1D,3D. The summed E-state index contributed by atoms with van der Waals surface area (Å²) in [6.45, 7) is 0. The van der Waals surface area contributed by atoms with E-state index in [9.17, 15) is 0 Å². The van der Waals surface area contributed by atoms with E-state index in [-0.39, 0.29) is 12.5 Å². The first kappa shape index (κ1) is 1.12. The molecular weight excluding hydrogens is 66.0 g/mol. The van der Waals surface area contributed by atoms with Crippen LogP contribution in [0.25, 0.3) is 0 Å². The second-order valence-electron chi connectivity index (χ2n) is 0.568. The van der Waals surface area contributed by atoms with Gasteiger partial charge in [-0.05, 0) is 0 Å². The fourth-order valence-corrected chi connectivity index (χ4v) is 0.132. The Hall–Kier alpha value is -0.790. The van der Waals surface area contributed by atoms with E-state index in [1.54, 1.807) is 0 Å². The zero-order valence-electron chi connectivity index (χ0n) is 4.43. The summed E-state index contributed by atoms with van der Waals surface area (Å²) in [5, 5.41) is 0. The fourth-order valence-electron chi connectivity index (χ4n) is 0.132. The van der Waals surface area contributed by atoms with Crippen LogP contribution < -0.4 is 0 Å². The summed E-state index contributed by atoms with van der Waals surface area (Å²) < 4.78 is 17.6. The highest BCUT2D eigenvalue weighted by Crippen LogP contribution is 1.72. The molecule has 0 bridgehead atoms. The Bertz CT molecular complexity index is 145. The molecule has 1 aromatic rings. The first-order chi connectivity index (χ1) is 3.29. The van der Waals surface area contributed by atoms with Crippen LogP contribution in [0, 0.1) is 0 Å². The molecule has 0 unspecified atom stereocenters. The minimum absolute atomic E-state index is 0.00463. The SMILES string of the molecule is [2H]c1coc([2H])n1. The maximum atomic E-state index is 6.69. The van der Waals surface area contributed by atoms with Crippen LogP contribution in [0.1, 0.15) is 2.74 Å². The molecule has 0 aliphatic rings. The van der Waals surface area contributed by atoms with Gasteiger partial charge in [0.1, 0.15) is 7.63 Å². The normalized spacial score (nSPS) is 13.6. The molecule has 0 radical (unpaired) electrons. The second-order valence-corrected chi connectivity index (χ2v) is 0.568. The maximum absolute atomic E-state index is 6.69. The van der Waals surface area contributed by atoms with E-state index in [1.165, 1.54) is 0 Å². The van der Waals surface area contributed by atoms with Gasteiger partial charge in [0, 0.05) is 0 Å². The van der Waals surface area contributed by atoms with E-state index >= 15 is 0 Å². The van der Waals surface area contributed by atoms with Crippen molar-refractivity contribution in [2.75, 3.05) is 0 Å². The van der Waals surface area contributed by atoms with Crippen LogP contribution in [0.2, 0.25) is 0 Å². The van der Waals surface area contributed by atoms with Gasteiger partial charge in [-0.1, -0.05) is 0 Å². The zero-order chi connectivity index (χ0) is 5.28.